The largest absolute Gasteiger partial charge is 0.468 e. The molecule has 0 bridgehead atoms. The summed E-state index contributed by atoms with van der Waals surface area (Å²) in [6, 6.07) is 0.778. The number of unbranched alkanes of at least 4 members (excludes halogenated alkanes) is 1. The number of carbonyl (C=O) groups is 1. The second kappa shape index (κ2) is 8.63. The van der Waals surface area contributed by atoms with Crippen LogP contribution in [0.3, 0.4) is 0 Å². The zero-order chi connectivity index (χ0) is 15.0. The normalized spacial score (nSPS) is 23.3. The predicted molar refractivity (Wildman–Crippen MR) is 82.8 cm³/mol. The number of likely N-dealkylation sites (N-methyl/N-ethyl adjacent to an activating group) is 1. The van der Waals surface area contributed by atoms with Crippen LogP contribution in [0.4, 0.5) is 0 Å². The van der Waals surface area contributed by atoms with Gasteiger partial charge in [0.05, 0.1) is 7.11 Å². The van der Waals surface area contributed by atoms with E-state index >= 15 is 0 Å². The van der Waals surface area contributed by atoms with Crippen LogP contribution < -0.4 is 5.32 Å². The lowest BCUT2D eigenvalue weighted by Gasteiger charge is -2.35. The average Bonchev–Trinajstić information content (AvgIpc) is 2.50. The second-order valence-electron chi connectivity index (χ2n) is 6.12. The van der Waals surface area contributed by atoms with Crippen molar-refractivity contribution in [2.45, 2.75) is 70.4 Å². The van der Waals surface area contributed by atoms with Gasteiger partial charge in [-0.2, -0.15) is 0 Å². The van der Waals surface area contributed by atoms with Gasteiger partial charge in [-0.1, -0.05) is 13.3 Å². The maximum absolute atomic E-state index is 11.8. The first-order valence-electron chi connectivity index (χ1n) is 8.08. The molecule has 1 aliphatic heterocycles. The van der Waals surface area contributed by atoms with E-state index in [9.17, 15) is 4.79 Å². The van der Waals surface area contributed by atoms with E-state index in [1.165, 1.54) is 45.9 Å². The average molecular weight is 284 g/mol. The molecule has 0 radical (unpaired) electrons. The molecule has 0 saturated carbocycles. The van der Waals surface area contributed by atoms with Gasteiger partial charge >= 0.3 is 5.97 Å². The van der Waals surface area contributed by atoms with E-state index in [0.29, 0.717) is 0 Å². The van der Waals surface area contributed by atoms with Gasteiger partial charge < -0.3 is 15.0 Å². The topological polar surface area (TPSA) is 41.6 Å². The van der Waals surface area contributed by atoms with Gasteiger partial charge in [0.25, 0.3) is 0 Å². The van der Waals surface area contributed by atoms with Crippen LogP contribution in [0.1, 0.15) is 58.8 Å². The Morgan fingerprint density at radius 2 is 2.15 bits per heavy atom. The zero-order valence-corrected chi connectivity index (χ0v) is 13.7. The predicted octanol–water partition coefficient (Wildman–Crippen LogP) is 2.57. The number of nitrogens with zero attached hydrogens (tertiary/aromatic N) is 1. The third kappa shape index (κ3) is 4.74. The smallest absolute Gasteiger partial charge is 0.325 e. The number of esters is 1. The summed E-state index contributed by atoms with van der Waals surface area (Å²) < 4.78 is 4.88. The van der Waals surface area contributed by atoms with Gasteiger partial charge in [-0.15, -0.1) is 0 Å². The van der Waals surface area contributed by atoms with E-state index in [1.807, 2.05) is 14.0 Å². The number of hydrogen-bond donors (Lipinski definition) is 1. The molecule has 0 aromatic carbocycles. The Kier molecular flexibility index (Phi) is 7.52. The van der Waals surface area contributed by atoms with Crippen molar-refractivity contribution >= 4 is 5.97 Å². The fourth-order valence-electron chi connectivity index (χ4n) is 3.16. The van der Waals surface area contributed by atoms with Crippen molar-refractivity contribution in [2.75, 3.05) is 27.2 Å². The van der Waals surface area contributed by atoms with Crippen molar-refractivity contribution in [3.05, 3.63) is 0 Å². The maximum atomic E-state index is 11.8. The SMILES string of the molecule is CCC1CCCCN1CCCCC(C)(NC)C(=O)OC. The third-order valence-electron chi connectivity index (χ3n) is 4.78. The molecule has 0 spiro atoms. The van der Waals surface area contributed by atoms with Gasteiger partial charge in [0.15, 0.2) is 0 Å². The quantitative estimate of drug-likeness (QED) is 0.549. The van der Waals surface area contributed by atoms with Crippen molar-refractivity contribution in [3.63, 3.8) is 0 Å². The minimum absolute atomic E-state index is 0.163. The first-order valence-corrected chi connectivity index (χ1v) is 8.08. The highest BCUT2D eigenvalue weighted by Gasteiger charge is 2.31. The van der Waals surface area contributed by atoms with Crippen LogP contribution in [-0.4, -0.2) is 49.7 Å². The molecule has 0 aromatic rings. The van der Waals surface area contributed by atoms with Gasteiger partial charge in [-0.3, -0.25) is 4.79 Å². The van der Waals surface area contributed by atoms with Crippen LogP contribution in [0.5, 0.6) is 0 Å². The van der Waals surface area contributed by atoms with E-state index in [0.717, 1.165) is 25.3 Å². The molecular formula is C16H32N2O2. The fraction of sp³-hybridized carbons (Fsp3) is 0.938. The standard InChI is InChI=1S/C16H32N2O2/c1-5-14-10-6-8-12-18(14)13-9-7-11-16(2,17-3)15(19)20-4/h14,17H,5-13H2,1-4H3. The van der Waals surface area contributed by atoms with Crippen LogP contribution in [-0.2, 0) is 9.53 Å². The van der Waals surface area contributed by atoms with Crippen LogP contribution in [0.2, 0.25) is 0 Å². The van der Waals surface area contributed by atoms with Crippen LogP contribution in [0.25, 0.3) is 0 Å². The number of nitrogens with one attached hydrogen (secondary N) is 1. The Morgan fingerprint density at radius 1 is 1.40 bits per heavy atom. The van der Waals surface area contributed by atoms with Crippen LogP contribution >= 0.6 is 0 Å². The monoisotopic (exact) mass is 284 g/mol. The highest BCUT2D eigenvalue weighted by Crippen LogP contribution is 2.21. The molecule has 1 aliphatic rings. The minimum atomic E-state index is -0.541. The zero-order valence-electron chi connectivity index (χ0n) is 13.7. The lowest BCUT2D eigenvalue weighted by molar-refractivity contribution is -0.148. The number of ether oxygens (including phenoxy) is 1. The van der Waals surface area contributed by atoms with Crippen molar-refractivity contribution in [1.82, 2.24) is 10.2 Å². The van der Waals surface area contributed by atoms with E-state index < -0.39 is 5.54 Å². The summed E-state index contributed by atoms with van der Waals surface area (Å²) in [6.07, 6.45) is 8.39. The molecule has 0 amide bonds. The molecular weight excluding hydrogens is 252 g/mol. The summed E-state index contributed by atoms with van der Waals surface area (Å²) in [6.45, 7) is 6.63. The van der Waals surface area contributed by atoms with Crippen molar-refractivity contribution in [2.24, 2.45) is 0 Å². The molecule has 1 N–H and O–H groups in total. The number of methoxy groups -OCH3 is 1. The highest BCUT2D eigenvalue weighted by atomic mass is 16.5. The molecule has 1 heterocycles. The molecule has 0 aliphatic carbocycles. The van der Waals surface area contributed by atoms with E-state index in [-0.39, 0.29) is 5.97 Å². The molecule has 118 valence electrons. The summed E-state index contributed by atoms with van der Waals surface area (Å²) >= 11 is 0. The number of piperidine rings is 1. The van der Waals surface area contributed by atoms with E-state index in [1.54, 1.807) is 0 Å². The summed E-state index contributed by atoms with van der Waals surface area (Å²) in [4.78, 5) is 14.4. The molecule has 0 aromatic heterocycles. The van der Waals surface area contributed by atoms with Crippen LogP contribution in [0.15, 0.2) is 0 Å². The Morgan fingerprint density at radius 3 is 2.75 bits per heavy atom. The number of carbonyl (C=O) groups excluding carboxylic acids is 1. The van der Waals surface area contributed by atoms with Crippen molar-refractivity contribution in [3.8, 4) is 0 Å². The number of hydrogen-bond acceptors (Lipinski definition) is 4. The highest BCUT2D eigenvalue weighted by molar-refractivity contribution is 5.80. The van der Waals surface area contributed by atoms with E-state index in [2.05, 4.69) is 17.1 Å². The molecule has 1 fully saturated rings. The summed E-state index contributed by atoms with van der Waals surface area (Å²) in [7, 11) is 3.28. The van der Waals surface area contributed by atoms with Gasteiger partial charge in [-0.25, -0.2) is 0 Å². The summed E-state index contributed by atoms with van der Waals surface area (Å²) in [5.74, 6) is -0.163. The maximum Gasteiger partial charge on any atom is 0.325 e. The van der Waals surface area contributed by atoms with Gasteiger partial charge in [0.2, 0.25) is 0 Å². The number of rotatable bonds is 8. The van der Waals surface area contributed by atoms with Crippen molar-refractivity contribution < 1.29 is 9.53 Å². The molecule has 4 nitrogen and oxygen atoms in total. The lowest BCUT2D eigenvalue weighted by atomic mass is 9.94. The molecule has 20 heavy (non-hydrogen) atoms. The Hall–Kier alpha value is -0.610. The Bertz CT molecular complexity index is 296. The molecule has 2 unspecified atom stereocenters. The molecule has 1 rings (SSSR count). The van der Waals surface area contributed by atoms with Crippen molar-refractivity contribution in [1.29, 1.82) is 0 Å². The Balaban J connectivity index is 2.31. The van der Waals surface area contributed by atoms with E-state index in [4.69, 9.17) is 4.74 Å². The summed E-state index contributed by atoms with van der Waals surface area (Å²) in [5.41, 5.74) is -0.541. The van der Waals surface area contributed by atoms with Crippen LogP contribution in [0, 0.1) is 0 Å². The molecule has 4 heteroatoms. The Labute approximate surface area is 124 Å². The molecule has 1 saturated heterocycles. The minimum Gasteiger partial charge on any atom is -0.468 e. The van der Waals surface area contributed by atoms with Gasteiger partial charge in [-0.05, 0) is 65.6 Å². The first-order chi connectivity index (χ1) is 9.57. The number of likely N-dealkylation sites (tertiary alicyclic amines) is 1. The third-order valence-corrected chi connectivity index (χ3v) is 4.78. The fourth-order valence-corrected chi connectivity index (χ4v) is 3.16. The van der Waals surface area contributed by atoms with Gasteiger partial charge in [0.1, 0.15) is 5.54 Å². The lowest BCUT2D eigenvalue weighted by Crippen LogP contribution is -2.48. The second-order valence-corrected chi connectivity index (χ2v) is 6.12. The summed E-state index contributed by atoms with van der Waals surface area (Å²) in [5, 5.41) is 3.10. The first kappa shape index (κ1) is 17.4. The molecule has 2 atom stereocenters. The van der Waals surface area contributed by atoms with Gasteiger partial charge in [0, 0.05) is 6.04 Å².